The highest BCUT2D eigenvalue weighted by Crippen LogP contribution is 2.34. The number of anilines is 1. The van der Waals surface area contributed by atoms with Crippen molar-refractivity contribution in [2.24, 2.45) is 0 Å². The van der Waals surface area contributed by atoms with E-state index in [1.807, 2.05) is 18.2 Å². The van der Waals surface area contributed by atoms with Gasteiger partial charge in [-0.3, -0.25) is 14.9 Å². The Balaban J connectivity index is 1.39. The van der Waals surface area contributed by atoms with Crippen molar-refractivity contribution >= 4 is 44.4 Å². The molecule has 0 unspecified atom stereocenters. The second-order valence-electron chi connectivity index (χ2n) is 6.80. The van der Waals surface area contributed by atoms with Crippen LogP contribution in [0.15, 0.2) is 48.5 Å². The molecule has 1 fully saturated rings. The zero-order valence-electron chi connectivity index (χ0n) is 16.4. The highest BCUT2D eigenvalue weighted by atomic mass is 32.1. The SMILES string of the molecule is COc1cccc2sc(N3CCN(C(=O)/C=C/c4cccc([N+](=O)[O-])c4)CC3)nc12. The van der Waals surface area contributed by atoms with E-state index >= 15 is 0 Å². The van der Waals surface area contributed by atoms with Gasteiger partial charge in [0, 0.05) is 44.4 Å². The molecule has 0 atom stereocenters. The Morgan fingerprint density at radius 1 is 1.20 bits per heavy atom. The number of carbonyl (C=O) groups is 1. The first-order chi connectivity index (χ1) is 14.5. The zero-order valence-corrected chi connectivity index (χ0v) is 17.2. The van der Waals surface area contributed by atoms with Gasteiger partial charge in [-0.25, -0.2) is 4.98 Å². The Morgan fingerprint density at radius 2 is 1.97 bits per heavy atom. The van der Waals surface area contributed by atoms with Gasteiger partial charge in [0.05, 0.1) is 16.7 Å². The van der Waals surface area contributed by atoms with E-state index in [1.165, 1.54) is 18.2 Å². The van der Waals surface area contributed by atoms with Crippen LogP contribution in [0.1, 0.15) is 5.56 Å². The number of ether oxygens (including phenoxy) is 1. The summed E-state index contributed by atoms with van der Waals surface area (Å²) in [6.07, 6.45) is 3.08. The molecule has 0 spiro atoms. The first-order valence-electron chi connectivity index (χ1n) is 9.45. The monoisotopic (exact) mass is 424 g/mol. The molecule has 0 radical (unpaired) electrons. The van der Waals surface area contributed by atoms with E-state index < -0.39 is 4.92 Å². The van der Waals surface area contributed by atoms with E-state index in [2.05, 4.69) is 4.90 Å². The van der Waals surface area contributed by atoms with Gasteiger partial charge in [0.2, 0.25) is 5.91 Å². The van der Waals surface area contributed by atoms with Crippen molar-refractivity contribution in [2.45, 2.75) is 0 Å². The van der Waals surface area contributed by atoms with Crippen molar-refractivity contribution in [3.8, 4) is 5.75 Å². The summed E-state index contributed by atoms with van der Waals surface area (Å²) in [5.74, 6) is 0.655. The van der Waals surface area contributed by atoms with Crippen molar-refractivity contribution in [3.05, 3.63) is 64.2 Å². The molecule has 0 bridgehead atoms. The average Bonchev–Trinajstić information content (AvgIpc) is 3.22. The summed E-state index contributed by atoms with van der Waals surface area (Å²) in [4.78, 5) is 31.6. The molecule has 154 valence electrons. The minimum Gasteiger partial charge on any atom is -0.494 e. The number of nitro benzene ring substituents is 1. The topological polar surface area (TPSA) is 88.8 Å². The van der Waals surface area contributed by atoms with Crippen LogP contribution in [0.3, 0.4) is 0 Å². The molecule has 1 aliphatic heterocycles. The van der Waals surface area contributed by atoms with Gasteiger partial charge < -0.3 is 14.5 Å². The lowest BCUT2D eigenvalue weighted by atomic mass is 10.2. The summed E-state index contributed by atoms with van der Waals surface area (Å²) in [6.45, 7) is 2.56. The number of benzene rings is 2. The van der Waals surface area contributed by atoms with E-state index in [1.54, 1.807) is 41.6 Å². The fraction of sp³-hybridized carbons (Fsp3) is 0.238. The fourth-order valence-corrected chi connectivity index (χ4v) is 4.38. The van der Waals surface area contributed by atoms with Gasteiger partial charge in [0.25, 0.3) is 5.69 Å². The van der Waals surface area contributed by atoms with Gasteiger partial charge in [-0.2, -0.15) is 0 Å². The molecule has 1 saturated heterocycles. The summed E-state index contributed by atoms with van der Waals surface area (Å²) >= 11 is 1.62. The molecule has 30 heavy (non-hydrogen) atoms. The van der Waals surface area contributed by atoms with E-state index in [9.17, 15) is 14.9 Å². The third kappa shape index (κ3) is 4.11. The molecule has 1 aliphatic rings. The number of non-ortho nitro benzene ring substituents is 1. The van der Waals surface area contributed by atoms with Crippen LogP contribution in [0, 0.1) is 10.1 Å². The fourth-order valence-electron chi connectivity index (χ4n) is 3.34. The van der Waals surface area contributed by atoms with Crippen molar-refractivity contribution in [2.75, 3.05) is 38.2 Å². The van der Waals surface area contributed by atoms with Gasteiger partial charge in [-0.05, 0) is 23.8 Å². The summed E-state index contributed by atoms with van der Waals surface area (Å²) in [5.41, 5.74) is 1.49. The molecule has 1 amide bonds. The number of para-hydroxylation sites is 1. The molecule has 0 N–H and O–H groups in total. The molecule has 9 heteroatoms. The lowest BCUT2D eigenvalue weighted by Gasteiger charge is -2.34. The maximum Gasteiger partial charge on any atom is 0.270 e. The molecule has 8 nitrogen and oxygen atoms in total. The summed E-state index contributed by atoms with van der Waals surface area (Å²) in [5, 5.41) is 11.8. The number of methoxy groups -OCH3 is 1. The van der Waals surface area contributed by atoms with Crippen LogP contribution in [0.2, 0.25) is 0 Å². The number of hydrogen-bond donors (Lipinski definition) is 0. The Hall–Kier alpha value is -3.46. The summed E-state index contributed by atoms with van der Waals surface area (Å²) < 4.78 is 6.46. The molecular weight excluding hydrogens is 404 g/mol. The normalized spacial score (nSPS) is 14.4. The number of aromatic nitrogens is 1. The minimum atomic E-state index is -0.448. The van der Waals surface area contributed by atoms with Crippen LogP contribution < -0.4 is 9.64 Å². The number of thiazole rings is 1. The van der Waals surface area contributed by atoms with Crippen molar-refractivity contribution < 1.29 is 14.5 Å². The summed E-state index contributed by atoms with van der Waals surface area (Å²) in [6, 6.07) is 12.1. The lowest BCUT2D eigenvalue weighted by molar-refractivity contribution is -0.384. The zero-order chi connectivity index (χ0) is 21.1. The summed E-state index contributed by atoms with van der Waals surface area (Å²) in [7, 11) is 1.64. The molecule has 0 saturated carbocycles. The molecule has 1 aromatic heterocycles. The van der Waals surface area contributed by atoms with Crippen molar-refractivity contribution in [1.82, 2.24) is 9.88 Å². The number of nitro groups is 1. The molecular formula is C21H20N4O4S. The van der Waals surface area contributed by atoms with Crippen LogP contribution in [0.5, 0.6) is 5.75 Å². The predicted octanol–water partition coefficient (Wildman–Crippen LogP) is 3.58. The maximum absolute atomic E-state index is 12.5. The largest absolute Gasteiger partial charge is 0.494 e. The van der Waals surface area contributed by atoms with Gasteiger partial charge in [-0.1, -0.05) is 29.5 Å². The van der Waals surface area contributed by atoms with E-state index in [0.717, 1.165) is 21.1 Å². The van der Waals surface area contributed by atoms with Gasteiger partial charge in [0.15, 0.2) is 5.13 Å². The minimum absolute atomic E-state index is 0.00526. The van der Waals surface area contributed by atoms with Gasteiger partial charge >= 0.3 is 0 Å². The molecule has 3 aromatic rings. The van der Waals surface area contributed by atoms with E-state index in [4.69, 9.17) is 9.72 Å². The first kappa shape index (κ1) is 19.8. The van der Waals surface area contributed by atoms with Crippen LogP contribution >= 0.6 is 11.3 Å². The molecule has 2 heterocycles. The number of piperazine rings is 1. The molecule has 4 rings (SSSR count). The van der Waals surface area contributed by atoms with Gasteiger partial charge in [-0.15, -0.1) is 0 Å². The number of nitrogens with zero attached hydrogens (tertiary/aromatic N) is 4. The van der Waals surface area contributed by atoms with Gasteiger partial charge in [0.1, 0.15) is 11.3 Å². The standard InChI is InChI=1S/C21H20N4O4S/c1-29-17-6-3-7-18-20(17)22-21(30-18)24-12-10-23(11-13-24)19(26)9-8-15-4-2-5-16(14-15)25(27)28/h2-9,14H,10-13H2,1H3/b9-8+. The van der Waals surface area contributed by atoms with Crippen LogP contribution in [-0.2, 0) is 4.79 Å². The van der Waals surface area contributed by atoms with Crippen LogP contribution in [0.25, 0.3) is 16.3 Å². The second kappa shape index (κ2) is 8.50. The van der Waals surface area contributed by atoms with Crippen LogP contribution in [0.4, 0.5) is 10.8 Å². The molecule has 2 aromatic carbocycles. The number of amides is 1. The average molecular weight is 424 g/mol. The number of rotatable bonds is 5. The Labute approximate surface area is 177 Å². The Bertz CT molecular complexity index is 1120. The Morgan fingerprint density at radius 3 is 2.70 bits per heavy atom. The maximum atomic E-state index is 12.5. The van der Waals surface area contributed by atoms with E-state index in [-0.39, 0.29) is 11.6 Å². The quantitative estimate of drug-likeness (QED) is 0.353. The van der Waals surface area contributed by atoms with Crippen molar-refractivity contribution in [3.63, 3.8) is 0 Å². The predicted molar refractivity (Wildman–Crippen MR) is 117 cm³/mol. The number of hydrogen-bond acceptors (Lipinski definition) is 7. The number of carbonyl (C=O) groups excluding carboxylic acids is 1. The smallest absolute Gasteiger partial charge is 0.270 e. The highest BCUT2D eigenvalue weighted by Gasteiger charge is 2.22. The van der Waals surface area contributed by atoms with Crippen molar-refractivity contribution in [1.29, 1.82) is 0 Å². The lowest BCUT2D eigenvalue weighted by Crippen LogP contribution is -2.48. The first-order valence-corrected chi connectivity index (χ1v) is 10.3. The highest BCUT2D eigenvalue weighted by molar-refractivity contribution is 7.22. The second-order valence-corrected chi connectivity index (χ2v) is 7.81. The molecule has 0 aliphatic carbocycles. The third-order valence-electron chi connectivity index (χ3n) is 4.95. The van der Waals surface area contributed by atoms with Crippen LogP contribution in [-0.4, -0.2) is 54.0 Å². The third-order valence-corrected chi connectivity index (χ3v) is 6.03. The van der Waals surface area contributed by atoms with E-state index in [0.29, 0.717) is 31.7 Å². The number of fused-ring (bicyclic) bond motifs is 1. The Kier molecular flexibility index (Phi) is 5.62.